The molecule has 0 amide bonds. The summed E-state index contributed by atoms with van der Waals surface area (Å²) in [5.74, 6) is 0.928. The number of anilines is 2. The third-order valence-corrected chi connectivity index (χ3v) is 7.31. The minimum atomic E-state index is -3.98. The maximum atomic E-state index is 13.1. The van der Waals surface area contributed by atoms with E-state index in [0.717, 1.165) is 23.5 Å². The van der Waals surface area contributed by atoms with Gasteiger partial charge in [0.05, 0.1) is 22.8 Å². The molecule has 1 aliphatic heterocycles. The summed E-state index contributed by atoms with van der Waals surface area (Å²) in [6.07, 6.45) is 3.22. The molecule has 0 bridgehead atoms. The van der Waals surface area contributed by atoms with E-state index >= 15 is 0 Å². The molecule has 8 nitrogen and oxygen atoms in total. The molecule has 1 N–H and O–H groups in total. The van der Waals surface area contributed by atoms with Gasteiger partial charge < -0.3 is 14.4 Å². The molecule has 2 aromatic heterocycles. The first-order valence-corrected chi connectivity index (χ1v) is 12.4. The summed E-state index contributed by atoms with van der Waals surface area (Å²) in [6, 6.07) is 15.5. The van der Waals surface area contributed by atoms with E-state index in [0.29, 0.717) is 17.5 Å². The minimum Gasteiger partial charge on any atom is -0.490 e. The normalized spacial score (nSPS) is 13.3. The van der Waals surface area contributed by atoms with Crippen LogP contribution in [0.1, 0.15) is 5.56 Å². The molecule has 34 heavy (non-hydrogen) atoms. The minimum absolute atomic E-state index is 0.0372. The van der Waals surface area contributed by atoms with Crippen molar-refractivity contribution in [3.05, 3.63) is 77.6 Å². The van der Waals surface area contributed by atoms with E-state index in [9.17, 15) is 8.42 Å². The molecule has 0 radical (unpaired) electrons. The summed E-state index contributed by atoms with van der Waals surface area (Å²) in [7, 11) is -1.97. The molecule has 0 unspecified atom stereocenters. The molecular formula is C24H21ClN4O4S. The van der Waals surface area contributed by atoms with E-state index < -0.39 is 10.0 Å². The highest BCUT2D eigenvalue weighted by molar-refractivity contribution is 7.92. The van der Waals surface area contributed by atoms with Gasteiger partial charge in [0.2, 0.25) is 5.88 Å². The summed E-state index contributed by atoms with van der Waals surface area (Å²) in [4.78, 5) is 10.7. The van der Waals surface area contributed by atoms with Crippen molar-refractivity contribution >= 4 is 43.9 Å². The number of benzene rings is 2. The van der Waals surface area contributed by atoms with Crippen LogP contribution in [-0.2, 0) is 16.6 Å². The van der Waals surface area contributed by atoms with Crippen molar-refractivity contribution in [2.24, 2.45) is 0 Å². The Hall–Kier alpha value is -3.56. The van der Waals surface area contributed by atoms with Crippen LogP contribution in [0.5, 0.6) is 11.6 Å². The van der Waals surface area contributed by atoms with Crippen molar-refractivity contribution < 1.29 is 17.9 Å². The van der Waals surface area contributed by atoms with Gasteiger partial charge in [-0.1, -0.05) is 29.8 Å². The number of nitrogens with one attached hydrogen (secondary N) is 1. The Kier molecular flexibility index (Phi) is 5.89. The summed E-state index contributed by atoms with van der Waals surface area (Å²) < 4.78 is 40.5. The zero-order valence-electron chi connectivity index (χ0n) is 18.2. The quantitative estimate of drug-likeness (QED) is 0.420. The summed E-state index contributed by atoms with van der Waals surface area (Å²) in [6.45, 7) is 1.61. The van der Waals surface area contributed by atoms with Gasteiger partial charge in [-0.15, -0.1) is 0 Å². The van der Waals surface area contributed by atoms with E-state index in [-0.39, 0.29) is 28.1 Å². The van der Waals surface area contributed by atoms with Gasteiger partial charge in [0.25, 0.3) is 10.0 Å². The van der Waals surface area contributed by atoms with Gasteiger partial charge in [0.15, 0.2) is 0 Å². The zero-order chi connectivity index (χ0) is 23.7. The fourth-order valence-electron chi connectivity index (χ4n) is 3.69. The van der Waals surface area contributed by atoms with Crippen LogP contribution in [0.3, 0.4) is 0 Å². The van der Waals surface area contributed by atoms with Crippen molar-refractivity contribution in [1.82, 2.24) is 9.97 Å². The first kappa shape index (κ1) is 22.2. The van der Waals surface area contributed by atoms with Crippen LogP contribution in [0.2, 0.25) is 5.02 Å². The fourth-order valence-corrected chi connectivity index (χ4v) is 5.26. The van der Waals surface area contributed by atoms with Crippen molar-refractivity contribution in [3.8, 4) is 11.6 Å². The van der Waals surface area contributed by atoms with E-state index in [4.69, 9.17) is 21.1 Å². The molecule has 0 saturated heterocycles. The van der Waals surface area contributed by atoms with Crippen molar-refractivity contribution in [2.75, 3.05) is 29.8 Å². The maximum Gasteiger partial charge on any atom is 0.263 e. The number of rotatable bonds is 6. The highest BCUT2D eigenvalue weighted by Gasteiger charge is 2.21. The van der Waals surface area contributed by atoms with Crippen LogP contribution >= 0.6 is 11.6 Å². The maximum absolute atomic E-state index is 13.1. The molecule has 4 aromatic rings. The number of sulfonamides is 1. The first-order valence-electron chi connectivity index (χ1n) is 10.5. The average molecular weight is 497 g/mol. The highest BCUT2D eigenvalue weighted by Crippen LogP contribution is 2.34. The molecule has 0 spiro atoms. The molecule has 0 fully saturated rings. The summed E-state index contributed by atoms with van der Waals surface area (Å²) >= 11 is 6.13. The van der Waals surface area contributed by atoms with Crippen molar-refractivity contribution in [2.45, 2.75) is 11.5 Å². The number of nitrogens with zero attached hydrogens (tertiary/aromatic N) is 3. The molecule has 0 saturated carbocycles. The second-order valence-corrected chi connectivity index (χ2v) is 9.86. The fraction of sp³-hybridized carbons (Fsp3) is 0.167. The molecule has 1 aliphatic rings. The second kappa shape index (κ2) is 9.00. The SMILES string of the molecule is CN1CCOc2cc(COc3nc4ccncc4cc3NS(=O)(=O)c3ccccc3Cl)ccc21. The number of likely N-dealkylation sites (N-methyl/N-ethyl adjacent to an activating group) is 1. The molecular weight excluding hydrogens is 476 g/mol. The monoisotopic (exact) mass is 496 g/mol. The topological polar surface area (TPSA) is 93.7 Å². The average Bonchev–Trinajstić information content (AvgIpc) is 2.83. The van der Waals surface area contributed by atoms with Crippen LogP contribution in [0.15, 0.2) is 71.9 Å². The van der Waals surface area contributed by atoms with Crippen LogP contribution < -0.4 is 19.1 Å². The number of hydrogen-bond donors (Lipinski definition) is 1. The molecule has 174 valence electrons. The first-order chi connectivity index (χ1) is 16.4. The Balaban J connectivity index is 1.47. The molecule has 3 heterocycles. The van der Waals surface area contributed by atoms with Crippen LogP contribution in [0, 0.1) is 0 Å². The number of aromatic nitrogens is 2. The van der Waals surface area contributed by atoms with E-state index in [1.54, 1.807) is 36.7 Å². The highest BCUT2D eigenvalue weighted by atomic mass is 35.5. The van der Waals surface area contributed by atoms with Crippen LogP contribution in [-0.4, -0.2) is 38.6 Å². The van der Waals surface area contributed by atoms with Gasteiger partial charge in [-0.3, -0.25) is 9.71 Å². The lowest BCUT2D eigenvalue weighted by atomic mass is 10.1. The molecule has 10 heteroatoms. The lowest BCUT2D eigenvalue weighted by molar-refractivity contribution is 0.291. The number of fused-ring (bicyclic) bond motifs is 2. The predicted molar refractivity (Wildman–Crippen MR) is 131 cm³/mol. The smallest absolute Gasteiger partial charge is 0.263 e. The van der Waals surface area contributed by atoms with Gasteiger partial charge in [-0.25, -0.2) is 13.4 Å². The third kappa shape index (κ3) is 4.44. The molecule has 0 atom stereocenters. The number of hydrogen-bond acceptors (Lipinski definition) is 7. The summed E-state index contributed by atoms with van der Waals surface area (Å²) in [5, 5.41) is 0.781. The van der Waals surface area contributed by atoms with Gasteiger partial charge in [0.1, 0.15) is 29.5 Å². The number of ether oxygens (including phenoxy) is 2. The second-order valence-electron chi connectivity index (χ2n) is 7.81. The lowest BCUT2D eigenvalue weighted by Crippen LogP contribution is -2.28. The van der Waals surface area contributed by atoms with E-state index in [2.05, 4.69) is 19.6 Å². The lowest BCUT2D eigenvalue weighted by Gasteiger charge is -2.28. The Morgan fingerprint density at radius 1 is 1.18 bits per heavy atom. The Labute approximate surface area is 202 Å². The number of halogens is 1. The number of pyridine rings is 2. The largest absolute Gasteiger partial charge is 0.490 e. The van der Waals surface area contributed by atoms with E-state index in [1.807, 2.05) is 25.2 Å². The molecule has 0 aliphatic carbocycles. The molecule has 2 aromatic carbocycles. The van der Waals surface area contributed by atoms with Crippen molar-refractivity contribution in [1.29, 1.82) is 0 Å². The third-order valence-electron chi connectivity index (χ3n) is 5.45. The predicted octanol–water partition coefficient (Wildman–Crippen LogP) is 4.49. The van der Waals surface area contributed by atoms with Crippen LogP contribution in [0.25, 0.3) is 10.9 Å². The van der Waals surface area contributed by atoms with Crippen LogP contribution in [0.4, 0.5) is 11.4 Å². The Bertz CT molecular complexity index is 1480. The zero-order valence-corrected chi connectivity index (χ0v) is 19.8. The standard InChI is InChI=1S/C24H21ClN4O4S/c1-29-10-11-32-22-12-16(6-7-21(22)29)15-33-24-20(13-17-14-26-9-8-19(17)27-24)28-34(30,31)23-5-3-2-4-18(23)25/h2-9,12-14,28H,10-11,15H2,1H3. The van der Waals surface area contributed by atoms with Gasteiger partial charge >= 0.3 is 0 Å². The van der Waals surface area contributed by atoms with Gasteiger partial charge in [-0.05, 0) is 42.0 Å². The van der Waals surface area contributed by atoms with Gasteiger partial charge in [0, 0.05) is 24.8 Å². The summed E-state index contributed by atoms with van der Waals surface area (Å²) in [5.41, 5.74) is 2.69. The Morgan fingerprint density at radius 2 is 2.03 bits per heavy atom. The molecule has 5 rings (SSSR count). The van der Waals surface area contributed by atoms with Crippen molar-refractivity contribution in [3.63, 3.8) is 0 Å². The Morgan fingerprint density at radius 3 is 2.88 bits per heavy atom. The van der Waals surface area contributed by atoms with E-state index in [1.165, 1.54) is 12.1 Å². The van der Waals surface area contributed by atoms with Gasteiger partial charge in [-0.2, -0.15) is 0 Å².